The maximum Gasteiger partial charge on any atom is 0.335 e. The Labute approximate surface area is 295 Å². The highest BCUT2D eigenvalue weighted by molar-refractivity contribution is 5.85. The quantitative estimate of drug-likeness (QED) is 0.0631. The topological polar surface area (TPSA) is 59.1 Å². The van der Waals surface area contributed by atoms with Gasteiger partial charge in [-0.2, -0.15) is 0 Å². The van der Waals surface area contributed by atoms with E-state index in [0.29, 0.717) is 23.5 Å². The summed E-state index contributed by atoms with van der Waals surface area (Å²) in [5.41, 5.74) is 7.31. The lowest BCUT2D eigenvalue weighted by Gasteiger charge is -2.34. The zero-order valence-corrected chi connectivity index (χ0v) is 29.0. The van der Waals surface area contributed by atoms with Crippen molar-refractivity contribution in [3.05, 3.63) is 164 Å². The summed E-state index contributed by atoms with van der Waals surface area (Å²) in [4.78, 5) is 28.5. The van der Waals surface area contributed by atoms with E-state index < -0.39 is 11.9 Å². The molecule has 0 fully saturated rings. The van der Waals surface area contributed by atoms with Crippen LogP contribution in [0.1, 0.15) is 50.2 Å². The lowest BCUT2D eigenvalue weighted by Crippen LogP contribution is -2.31. The molecule has 0 spiro atoms. The van der Waals surface area contributed by atoms with Crippen molar-refractivity contribution in [1.29, 1.82) is 0 Å². The van der Waals surface area contributed by atoms with Crippen LogP contribution in [0.3, 0.4) is 0 Å². The zero-order chi connectivity index (χ0) is 35.5. The molecule has 2 unspecified atom stereocenters. The Kier molecular flexibility index (Phi) is 12.0. The average Bonchev–Trinajstić information content (AvgIpc) is 3.14. The third kappa shape index (κ3) is 8.97. The van der Waals surface area contributed by atoms with E-state index in [-0.39, 0.29) is 0 Å². The van der Waals surface area contributed by atoms with Gasteiger partial charge in [0, 0.05) is 58.8 Å². The molecule has 0 radical (unpaired) electrons. The zero-order valence-electron chi connectivity index (χ0n) is 29.0. The Morgan fingerprint density at radius 1 is 0.640 bits per heavy atom. The second-order valence-electron chi connectivity index (χ2n) is 12.3. The normalized spacial score (nSPS) is 11.9. The number of carbonyl (C=O) groups is 2. The van der Waals surface area contributed by atoms with Crippen molar-refractivity contribution < 1.29 is 19.1 Å². The minimum absolute atomic E-state index is 0.325. The van der Waals surface area contributed by atoms with Gasteiger partial charge in [-0.05, 0) is 98.3 Å². The maximum atomic E-state index is 12.0. The molecule has 6 nitrogen and oxygen atoms in total. The molecule has 5 aromatic rings. The summed E-state index contributed by atoms with van der Waals surface area (Å²) in [6.45, 7) is 13.7. The first kappa shape index (κ1) is 35.4. The third-order valence-electron chi connectivity index (χ3n) is 8.76. The highest BCUT2D eigenvalue weighted by Crippen LogP contribution is 2.39. The number of hydrogen-bond acceptors (Lipinski definition) is 6. The molecule has 6 heteroatoms. The number of anilines is 5. The first-order chi connectivity index (χ1) is 24.3. The standard InChI is InChI=1S/C44H44N2O4/c1-6-35(45(36-14-10-9-11-15-36)37-25-20-32(4)21-26-37)27-22-33(5)34-23-28-38(29-24-34)46(39-16-12-18-41(30-39)49-43(47)7-2)40-17-13-19-42(31-40)50-44(48)8-3/h7-21,23-26,28-31,33,35H,2-3,6,22,27H2,1,4-5H3. The fourth-order valence-electron chi connectivity index (χ4n) is 6.08. The van der Waals surface area contributed by atoms with Crippen molar-refractivity contribution in [3.63, 3.8) is 0 Å². The van der Waals surface area contributed by atoms with E-state index in [2.05, 4.69) is 118 Å². The molecule has 0 saturated heterocycles. The number of para-hydroxylation sites is 1. The second kappa shape index (κ2) is 17.0. The lowest BCUT2D eigenvalue weighted by atomic mass is 9.92. The van der Waals surface area contributed by atoms with Crippen LogP contribution in [-0.4, -0.2) is 18.0 Å². The molecule has 0 aliphatic rings. The van der Waals surface area contributed by atoms with E-state index >= 15 is 0 Å². The van der Waals surface area contributed by atoms with E-state index in [1.54, 1.807) is 24.3 Å². The molecule has 5 aromatic carbocycles. The minimum atomic E-state index is -0.540. The largest absolute Gasteiger partial charge is 0.423 e. The Morgan fingerprint density at radius 3 is 1.66 bits per heavy atom. The minimum Gasteiger partial charge on any atom is -0.423 e. The van der Waals surface area contributed by atoms with E-state index in [4.69, 9.17) is 9.47 Å². The summed E-state index contributed by atoms with van der Waals surface area (Å²) < 4.78 is 10.9. The molecule has 0 heterocycles. The van der Waals surface area contributed by atoms with Gasteiger partial charge in [-0.25, -0.2) is 9.59 Å². The average molecular weight is 665 g/mol. The molecule has 2 atom stereocenters. The van der Waals surface area contributed by atoms with Crippen molar-refractivity contribution in [2.45, 2.75) is 52.0 Å². The van der Waals surface area contributed by atoms with Crippen LogP contribution in [-0.2, 0) is 9.59 Å². The molecule has 0 aliphatic heterocycles. The number of aryl methyl sites for hydroxylation is 1. The number of hydrogen-bond donors (Lipinski definition) is 0. The fraction of sp³-hybridized carbons (Fsp3) is 0.182. The molecule has 0 amide bonds. The Bertz CT molecular complexity index is 1840. The Balaban J connectivity index is 1.40. The molecule has 0 aliphatic carbocycles. The van der Waals surface area contributed by atoms with Gasteiger partial charge in [0.1, 0.15) is 11.5 Å². The molecule has 0 saturated carbocycles. The van der Waals surface area contributed by atoms with E-state index in [0.717, 1.165) is 48.5 Å². The van der Waals surface area contributed by atoms with Crippen LogP contribution in [0, 0.1) is 6.92 Å². The first-order valence-electron chi connectivity index (χ1n) is 17.0. The summed E-state index contributed by atoms with van der Waals surface area (Å²) in [5.74, 6) is 0.0171. The SMILES string of the molecule is C=CC(=O)Oc1cccc(N(c2ccc(C(C)CCC(CC)N(c3ccccc3)c3ccc(C)cc3)cc2)c2cccc(OC(=O)C=C)c2)c1. The van der Waals surface area contributed by atoms with Crippen LogP contribution in [0.2, 0.25) is 0 Å². The third-order valence-corrected chi connectivity index (χ3v) is 8.76. The van der Waals surface area contributed by atoms with Gasteiger partial charge in [0.2, 0.25) is 0 Å². The van der Waals surface area contributed by atoms with Crippen molar-refractivity contribution in [2.75, 3.05) is 9.80 Å². The van der Waals surface area contributed by atoms with Crippen molar-refractivity contribution in [2.24, 2.45) is 0 Å². The van der Waals surface area contributed by atoms with Gasteiger partial charge >= 0.3 is 11.9 Å². The Hall–Kier alpha value is -5.88. The van der Waals surface area contributed by atoms with E-state index in [1.807, 2.05) is 29.2 Å². The van der Waals surface area contributed by atoms with E-state index in [1.165, 1.54) is 22.5 Å². The number of rotatable bonds is 15. The van der Waals surface area contributed by atoms with Gasteiger partial charge < -0.3 is 19.3 Å². The fourth-order valence-corrected chi connectivity index (χ4v) is 6.08. The van der Waals surface area contributed by atoms with Crippen LogP contribution in [0.25, 0.3) is 0 Å². The number of ether oxygens (including phenoxy) is 2. The van der Waals surface area contributed by atoms with Crippen LogP contribution >= 0.6 is 0 Å². The van der Waals surface area contributed by atoms with Crippen LogP contribution in [0.15, 0.2) is 153 Å². The number of benzene rings is 5. The number of nitrogens with zero attached hydrogens (tertiary/aromatic N) is 2. The predicted octanol–water partition coefficient (Wildman–Crippen LogP) is 11.1. The van der Waals surface area contributed by atoms with Gasteiger partial charge in [0.25, 0.3) is 0 Å². The van der Waals surface area contributed by atoms with Gasteiger partial charge in [-0.1, -0.05) is 87.2 Å². The maximum absolute atomic E-state index is 12.0. The number of carbonyl (C=O) groups excluding carboxylic acids is 2. The monoisotopic (exact) mass is 664 g/mol. The van der Waals surface area contributed by atoms with Gasteiger partial charge in [-0.15, -0.1) is 0 Å². The summed E-state index contributed by atoms with van der Waals surface area (Å²) in [7, 11) is 0. The lowest BCUT2D eigenvalue weighted by molar-refractivity contribution is -0.129. The highest BCUT2D eigenvalue weighted by atomic mass is 16.5. The van der Waals surface area contributed by atoms with Crippen LogP contribution in [0.4, 0.5) is 28.4 Å². The van der Waals surface area contributed by atoms with Gasteiger partial charge in [-0.3, -0.25) is 0 Å². The second-order valence-corrected chi connectivity index (χ2v) is 12.3. The van der Waals surface area contributed by atoms with Gasteiger partial charge in [0.05, 0.1) is 0 Å². The van der Waals surface area contributed by atoms with Gasteiger partial charge in [0.15, 0.2) is 0 Å². The summed E-state index contributed by atoms with van der Waals surface area (Å²) in [6, 6.07) is 42.8. The molecule has 0 N–H and O–H groups in total. The smallest absolute Gasteiger partial charge is 0.335 e. The predicted molar refractivity (Wildman–Crippen MR) is 204 cm³/mol. The molecule has 5 rings (SSSR count). The molecule has 50 heavy (non-hydrogen) atoms. The highest BCUT2D eigenvalue weighted by Gasteiger charge is 2.21. The molecular formula is C44H44N2O4. The van der Waals surface area contributed by atoms with E-state index in [9.17, 15) is 9.59 Å². The summed E-state index contributed by atoms with van der Waals surface area (Å²) in [5, 5.41) is 0. The van der Waals surface area contributed by atoms with Crippen molar-refractivity contribution in [1.82, 2.24) is 0 Å². The van der Waals surface area contributed by atoms with Crippen LogP contribution < -0.4 is 19.3 Å². The van der Waals surface area contributed by atoms with Crippen molar-refractivity contribution >= 4 is 40.4 Å². The molecule has 0 aromatic heterocycles. The molecular weight excluding hydrogens is 620 g/mol. The van der Waals surface area contributed by atoms with Crippen LogP contribution in [0.5, 0.6) is 11.5 Å². The summed E-state index contributed by atoms with van der Waals surface area (Å²) >= 11 is 0. The molecule has 0 bridgehead atoms. The van der Waals surface area contributed by atoms with Crippen molar-refractivity contribution in [3.8, 4) is 11.5 Å². The summed E-state index contributed by atoms with van der Waals surface area (Å²) in [6.07, 6.45) is 5.33. The molecule has 254 valence electrons. The number of esters is 2. The Morgan fingerprint density at radius 2 is 1.14 bits per heavy atom. The first-order valence-corrected chi connectivity index (χ1v) is 17.0.